The van der Waals surface area contributed by atoms with Crippen LogP contribution in [-0.4, -0.2) is 86.8 Å². The maximum atomic E-state index is 13.8. The highest BCUT2D eigenvalue weighted by atomic mass is 16.3. The van der Waals surface area contributed by atoms with Gasteiger partial charge in [0.1, 0.15) is 6.04 Å². The van der Waals surface area contributed by atoms with E-state index in [0.29, 0.717) is 32.5 Å². The Balaban J connectivity index is 1.29. The van der Waals surface area contributed by atoms with Gasteiger partial charge in [0.15, 0.2) is 0 Å². The minimum Gasteiger partial charge on any atom is -0.392 e. The number of nitrogens with one attached hydrogen (secondary N) is 2. The van der Waals surface area contributed by atoms with Crippen LogP contribution in [0.5, 0.6) is 0 Å². The zero-order valence-electron chi connectivity index (χ0n) is 26.6. The Labute approximate surface area is 266 Å². The van der Waals surface area contributed by atoms with Gasteiger partial charge in [0.25, 0.3) is 0 Å². The summed E-state index contributed by atoms with van der Waals surface area (Å²) in [7, 11) is 0. The number of hydrogen-bond acceptors (Lipinski definition) is 7. The molecule has 45 heavy (non-hydrogen) atoms. The number of aliphatic hydroxyl groups excluding tert-OH is 2. The van der Waals surface area contributed by atoms with Gasteiger partial charge in [-0.05, 0) is 61.9 Å². The standard InChI is InChI=1S/C36H47N5O4/c1-36(2,3)39-35(45)31-24-40(22-26-12-9-15-37-21-26)16-17-41(31)23-29(42)19-28(18-25-10-5-4-6-11-25)34(44)38-33-30-14-8-7-13-27(30)20-32(33)43/h4-15,21,28-29,31-33,42-43H,16-20,22-24H2,1-3H3,(H,38,44)(H,39,45)/t28?,29?,31-,32+,33-/m0/s1. The van der Waals surface area contributed by atoms with Crippen LogP contribution >= 0.6 is 0 Å². The number of carbonyl (C=O) groups excluding carboxylic acids is 2. The lowest BCUT2D eigenvalue weighted by molar-refractivity contribution is -0.132. The third-order valence-corrected chi connectivity index (χ3v) is 8.70. The Morgan fingerprint density at radius 2 is 1.73 bits per heavy atom. The molecule has 1 saturated heterocycles. The minimum atomic E-state index is -0.833. The third-order valence-electron chi connectivity index (χ3n) is 8.70. The minimum absolute atomic E-state index is 0.0712. The van der Waals surface area contributed by atoms with E-state index >= 15 is 0 Å². The van der Waals surface area contributed by atoms with Crippen molar-refractivity contribution in [3.05, 3.63) is 101 Å². The van der Waals surface area contributed by atoms with Crippen molar-refractivity contribution in [1.29, 1.82) is 0 Å². The molecule has 2 heterocycles. The molecule has 9 heteroatoms. The molecule has 1 aromatic heterocycles. The van der Waals surface area contributed by atoms with Crippen LogP contribution in [0.15, 0.2) is 79.1 Å². The first-order valence-corrected chi connectivity index (χ1v) is 16.0. The molecular formula is C36H47N5O4. The summed E-state index contributed by atoms with van der Waals surface area (Å²) in [6, 6.07) is 20.6. The average Bonchev–Trinajstić information content (AvgIpc) is 3.32. The molecule has 0 spiro atoms. The summed E-state index contributed by atoms with van der Waals surface area (Å²) in [5.41, 5.74) is 3.68. The number of aromatic nitrogens is 1. The molecule has 2 unspecified atom stereocenters. The molecule has 3 aromatic rings. The fourth-order valence-corrected chi connectivity index (χ4v) is 6.56. The number of piperazine rings is 1. The van der Waals surface area contributed by atoms with Gasteiger partial charge in [-0.1, -0.05) is 60.7 Å². The number of carbonyl (C=O) groups is 2. The summed E-state index contributed by atoms with van der Waals surface area (Å²) in [6.45, 7) is 8.74. The first-order chi connectivity index (χ1) is 21.6. The van der Waals surface area contributed by atoms with E-state index in [2.05, 4.69) is 25.4 Å². The topological polar surface area (TPSA) is 118 Å². The van der Waals surface area contributed by atoms with E-state index < -0.39 is 35.7 Å². The van der Waals surface area contributed by atoms with Gasteiger partial charge in [0.2, 0.25) is 11.8 Å². The highest BCUT2D eigenvalue weighted by Gasteiger charge is 2.37. The van der Waals surface area contributed by atoms with Crippen LogP contribution in [0.3, 0.4) is 0 Å². The molecule has 1 aliphatic carbocycles. The highest BCUT2D eigenvalue weighted by molar-refractivity contribution is 5.83. The second-order valence-electron chi connectivity index (χ2n) is 13.6. The molecule has 1 aliphatic heterocycles. The summed E-state index contributed by atoms with van der Waals surface area (Å²) in [5, 5.41) is 28.5. The van der Waals surface area contributed by atoms with Crippen LogP contribution < -0.4 is 10.6 Å². The van der Waals surface area contributed by atoms with Crippen LogP contribution in [0.1, 0.15) is 55.5 Å². The number of benzene rings is 2. The van der Waals surface area contributed by atoms with Gasteiger partial charge in [-0.2, -0.15) is 0 Å². The second-order valence-corrected chi connectivity index (χ2v) is 13.6. The summed E-state index contributed by atoms with van der Waals surface area (Å²) < 4.78 is 0. The van der Waals surface area contributed by atoms with Gasteiger partial charge >= 0.3 is 0 Å². The van der Waals surface area contributed by atoms with Crippen molar-refractivity contribution in [3.8, 4) is 0 Å². The van der Waals surface area contributed by atoms with Crippen LogP contribution in [0.25, 0.3) is 0 Å². The van der Waals surface area contributed by atoms with E-state index in [9.17, 15) is 19.8 Å². The zero-order valence-corrected chi connectivity index (χ0v) is 26.6. The van der Waals surface area contributed by atoms with Gasteiger partial charge in [-0.3, -0.25) is 24.4 Å². The van der Waals surface area contributed by atoms with Gasteiger partial charge in [-0.25, -0.2) is 0 Å². The van der Waals surface area contributed by atoms with Gasteiger partial charge < -0.3 is 20.8 Å². The van der Waals surface area contributed by atoms with Crippen molar-refractivity contribution < 1.29 is 19.8 Å². The summed E-state index contributed by atoms with van der Waals surface area (Å²) in [4.78, 5) is 35.9. The largest absolute Gasteiger partial charge is 0.392 e. The molecule has 0 bridgehead atoms. The number of amides is 2. The predicted molar refractivity (Wildman–Crippen MR) is 174 cm³/mol. The first-order valence-electron chi connectivity index (χ1n) is 16.0. The van der Waals surface area contributed by atoms with E-state index in [1.807, 2.05) is 93.7 Å². The molecule has 4 N–H and O–H groups in total. The monoisotopic (exact) mass is 613 g/mol. The van der Waals surface area contributed by atoms with Crippen LogP contribution in [0.4, 0.5) is 0 Å². The predicted octanol–water partition coefficient (Wildman–Crippen LogP) is 2.87. The summed E-state index contributed by atoms with van der Waals surface area (Å²) >= 11 is 0. The quantitative estimate of drug-likeness (QED) is 0.263. The molecule has 5 atom stereocenters. The average molecular weight is 614 g/mol. The molecule has 5 rings (SSSR count). The fourth-order valence-electron chi connectivity index (χ4n) is 6.56. The zero-order chi connectivity index (χ0) is 32.0. The maximum Gasteiger partial charge on any atom is 0.239 e. The van der Waals surface area contributed by atoms with Crippen LogP contribution in [-0.2, 0) is 29.0 Å². The lowest BCUT2D eigenvalue weighted by atomic mass is 9.91. The first kappa shape index (κ1) is 32.8. The molecule has 240 valence electrons. The number of aliphatic hydroxyl groups is 2. The number of nitrogens with zero attached hydrogens (tertiary/aromatic N) is 3. The Kier molecular flexibility index (Phi) is 10.7. The summed E-state index contributed by atoms with van der Waals surface area (Å²) in [5.74, 6) is -0.781. The Bertz CT molecular complexity index is 1410. The number of β-amino-alcohol motifs (C(OH)–C–C–N with tert-alkyl or cyclic N) is 1. The van der Waals surface area contributed by atoms with Gasteiger partial charge in [0, 0.05) is 63.0 Å². The Hall–Kier alpha value is -3.63. The molecular weight excluding hydrogens is 566 g/mol. The second kappa shape index (κ2) is 14.6. The lowest BCUT2D eigenvalue weighted by Crippen LogP contribution is -2.61. The van der Waals surface area contributed by atoms with Gasteiger partial charge in [0.05, 0.1) is 18.2 Å². The third kappa shape index (κ3) is 8.98. The van der Waals surface area contributed by atoms with Crippen molar-refractivity contribution in [1.82, 2.24) is 25.4 Å². The maximum absolute atomic E-state index is 13.8. The van der Waals surface area contributed by atoms with Crippen molar-refractivity contribution in [2.75, 3.05) is 26.2 Å². The SMILES string of the molecule is CC(C)(C)NC(=O)[C@@H]1CN(Cc2cccnc2)CCN1CC(O)CC(Cc1ccccc1)C(=O)N[C@H]1c2ccccc2C[C@H]1O. The summed E-state index contributed by atoms with van der Waals surface area (Å²) in [6.07, 6.45) is 3.26. The number of fused-ring (bicyclic) bond motifs is 1. The van der Waals surface area contributed by atoms with Gasteiger partial charge in [-0.15, -0.1) is 0 Å². The number of hydrogen-bond donors (Lipinski definition) is 4. The van der Waals surface area contributed by atoms with E-state index in [-0.39, 0.29) is 24.8 Å². The number of rotatable bonds is 11. The number of pyridine rings is 1. The molecule has 9 nitrogen and oxygen atoms in total. The molecule has 2 amide bonds. The van der Waals surface area contributed by atoms with E-state index in [4.69, 9.17) is 0 Å². The smallest absolute Gasteiger partial charge is 0.239 e. The van der Waals surface area contributed by atoms with Crippen molar-refractivity contribution in [3.63, 3.8) is 0 Å². The fraction of sp³-hybridized carbons (Fsp3) is 0.472. The van der Waals surface area contributed by atoms with Crippen molar-refractivity contribution in [2.45, 2.75) is 76.4 Å². The Morgan fingerprint density at radius 3 is 2.47 bits per heavy atom. The van der Waals surface area contributed by atoms with Crippen molar-refractivity contribution in [2.24, 2.45) is 5.92 Å². The lowest BCUT2D eigenvalue weighted by Gasteiger charge is -2.42. The Morgan fingerprint density at radius 1 is 1.00 bits per heavy atom. The van der Waals surface area contributed by atoms with Crippen LogP contribution in [0, 0.1) is 5.92 Å². The van der Waals surface area contributed by atoms with Crippen LogP contribution in [0.2, 0.25) is 0 Å². The molecule has 0 radical (unpaired) electrons. The van der Waals surface area contributed by atoms with E-state index in [1.54, 1.807) is 6.20 Å². The van der Waals surface area contributed by atoms with E-state index in [0.717, 1.165) is 28.8 Å². The normalized spacial score (nSPS) is 21.9. The molecule has 2 aliphatic rings. The van der Waals surface area contributed by atoms with Crippen molar-refractivity contribution >= 4 is 11.8 Å². The van der Waals surface area contributed by atoms with E-state index in [1.165, 1.54) is 0 Å². The molecule has 2 aromatic carbocycles. The highest BCUT2D eigenvalue weighted by Crippen LogP contribution is 2.32. The molecule has 0 saturated carbocycles. The molecule has 1 fully saturated rings.